The number of likely N-dealkylation sites (tertiary alicyclic amines) is 1. The maximum atomic E-state index is 12.6. The zero-order valence-corrected chi connectivity index (χ0v) is 15.6. The normalized spacial score (nSPS) is 17.4. The van der Waals surface area contributed by atoms with E-state index >= 15 is 0 Å². The number of rotatable bonds is 5. The molecule has 0 atom stereocenters. The second kappa shape index (κ2) is 7.96. The summed E-state index contributed by atoms with van der Waals surface area (Å²) in [6, 6.07) is 7.64. The molecule has 0 saturated carbocycles. The van der Waals surface area contributed by atoms with Crippen LogP contribution in [-0.2, 0) is 17.9 Å². The lowest BCUT2D eigenvalue weighted by Crippen LogP contribution is -2.41. The first-order valence-electron chi connectivity index (χ1n) is 9.53. The van der Waals surface area contributed by atoms with E-state index in [1.165, 1.54) is 0 Å². The van der Waals surface area contributed by atoms with E-state index in [4.69, 9.17) is 4.74 Å². The second-order valence-corrected chi connectivity index (χ2v) is 7.01. The largest absolute Gasteiger partial charge is 0.495 e. The van der Waals surface area contributed by atoms with Gasteiger partial charge in [-0.2, -0.15) is 0 Å². The molecule has 1 amide bonds. The fourth-order valence-corrected chi connectivity index (χ4v) is 3.88. The number of amides is 1. The molecule has 0 spiro atoms. The number of nitrogens with zero attached hydrogens (tertiary/aromatic N) is 4. The maximum Gasteiger partial charge on any atom is 0.241 e. The van der Waals surface area contributed by atoms with Crippen LogP contribution in [0.15, 0.2) is 24.3 Å². The van der Waals surface area contributed by atoms with Gasteiger partial charge >= 0.3 is 0 Å². The molecule has 0 bridgehead atoms. The van der Waals surface area contributed by atoms with Crippen molar-refractivity contribution in [2.45, 2.75) is 31.8 Å². The number of nitrogens with one attached hydrogen (secondary N) is 2. The van der Waals surface area contributed by atoms with Crippen LogP contribution in [0.3, 0.4) is 0 Å². The molecule has 2 aromatic rings. The van der Waals surface area contributed by atoms with E-state index in [-0.39, 0.29) is 12.5 Å². The standard InChI is InChI=1S/C19H26N6O2/c1-27-16-5-3-2-4-15(16)21-13-18(26)24-9-6-14(7-10-24)19-23-22-17-12-20-8-11-25(17)19/h2-5,14,20-21H,6-13H2,1H3. The molecule has 2 aliphatic heterocycles. The molecule has 1 aromatic carbocycles. The van der Waals surface area contributed by atoms with E-state index < -0.39 is 0 Å². The Hall–Kier alpha value is -2.61. The monoisotopic (exact) mass is 370 g/mol. The molecule has 2 aliphatic rings. The zero-order chi connectivity index (χ0) is 18.6. The van der Waals surface area contributed by atoms with Crippen molar-refractivity contribution in [3.8, 4) is 5.75 Å². The van der Waals surface area contributed by atoms with Gasteiger partial charge in [0.1, 0.15) is 17.4 Å². The fraction of sp³-hybridized carbons (Fsp3) is 0.526. The van der Waals surface area contributed by atoms with Crippen LogP contribution in [0.2, 0.25) is 0 Å². The minimum atomic E-state index is 0.117. The number of carbonyl (C=O) groups excluding carboxylic acids is 1. The Morgan fingerprint density at radius 3 is 2.89 bits per heavy atom. The predicted molar refractivity (Wildman–Crippen MR) is 102 cm³/mol. The van der Waals surface area contributed by atoms with Gasteiger partial charge in [0, 0.05) is 32.1 Å². The summed E-state index contributed by atoms with van der Waals surface area (Å²) in [5, 5.41) is 15.3. The average molecular weight is 370 g/mol. The Morgan fingerprint density at radius 1 is 1.26 bits per heavy atom. The summed E-state index contributed by atoms with van der Waals surface area (Å²) >= 11 is 0. The molecule has 1 aromatic heterocycles. The molecular formula is C19H26N6O2. The molecule has 2 N–H and O–H groups in total. The molecule has 8 nitrogen and oxygen atoms in total. The Kier molecular flexibility index (Phi) is 5.24. The van der Waals surface area contributed by atoms with Gasteiger partial charge in [-0.15, -0.1) is 10.2 Å². The third kappa shape index (κ3) is 3.75. The number of methoxy groups -OCH3 is 1. The van der Waals surface area contributed by atoms with Gasteiger partial charge in [0.05, 0.1) is 25.9 Å². The molecule has 144 valence electrons. The average Bonchev–Trinajstić information content (AvgIpc) is 3.16. The van der Waals surface area contributed by atoms with Crippen molar-refractivity contribution in [1.82, 2.24) is 25.0 Å². The number of aromatic nitrogens is 3. The fourth-order valence-electron chi connectivity index (χ4n) is 3.88. The molecule has 1 fully saturated rings. The molecule has 0 radical (unpaired) electrons. The number of benzene rings is 1. The number of piperidine rings is 1. The predicted octanol–water partition coefficient (Wildman–Crippen LogP) is 1.21. The van der Waals surface area contributed by atoms with E-state index in [1.54, 1.807) is 7.11 Å². The van der Waals surface area contributed by atoms with Gasteiger partial charge in [0.15, 0.2) is 0 Å². The summed E-state index contributed by atoms with van der Waals surface area (Å²) in [6.45, 7) is 4.48. The van der Waals surface area contributed by atoms with Crippen LogP contribution in [0, 0.1) is 0 Å². The van der Waals surface area contributed by atoms with Gasteiger partial charge in [-0.3, -0.25) is 4.79 Å². The second-order valence-electron chi connectivity index (χ2n) is 7.01. The van der Waals surface area contributed by atoms with Gasteiger partial charge in [-0.1, -0.05) is 12.1 Å². The van der Waals surface area contributed by atoms with Crippen molar-refractivity contribution in [1.29, 1.82) is 0 Å². The van der Waals surface area contributed by atoms with Crippen molar-refractivity contribution in [3.05, 3.63) is 35.9 Å². The molecule has 1 saturated heterocycles. The quantitative estimate of drug-likeness (QED) is 0.823. The number of ether oxygens (including phenoxy) is 1. The lowest BCUT2D eigenvalue weighted by molar-refractivity contribution is -0.130. The Morgan fingerprint density at radius 2 is 2.07 bits per heavy atom. The summed E-state index contributed by atoms with van der Waals surface area (Å²) in [6.07, 6.45) is 1.87. The Balaban J connectivity index is 1.31. The van der Waals surface area contributed by atoms with Crippen LogP contribution < -0.4 is 15.4 Å². The number of carbonyl (C=O) groups is 1. The molecule has 27 heavy (non-hydrogen) atoms. The van der Waals surface area contributed by atoms with Crippen molar-refractivity contribution in [3.63, 3.8) is 0 Å². The van der Waals surface area contributed by atoms with Crippen LogP contribution in [0.1, 0.15) is 30.4 Å². The zero-order valence-electron chi connectivity index (χ0n) is 15.6. The third-order valence-electron chi connectivity index (χ3n) is 5.40. The highest BCUT2D eigenvalue weighted by molar-refractivity contribution is 5.81. The Labute approximate surface area is 158 Å². The van der Waals surface area contributed by atoms with E-state index in [0.29, 0.717) is 5.92 Å². The van der Waals surface area contributed by atoms with Crippen molar-refractivity contribution < 1.29 is 9.53 Å². The van der Waals surface area contributed by atoms with Crippen molar-refractivity contribution in [2.24, 2.45) is 0 Å². The van der Waals surface area contributed by atoms with Gasteiger partial charge < -0.3 is 24.8 Å². The topological polar surface area (TPSA) is 84.3 Å². The van der Waals surface area contributed by atoms with Crippen LogP contribution in [0.4, 0.5) is 5.69 Å². The highest BCUT2D eigenvalue weighted by atomic mass is 16.5. The van der Waals surface area contributed by atoms with Crippen LogP contribution in [0.5, 0.6) is 5.75 Å². The van der Waals surface area contributed by atoms with Crippen molar-refractivity contribution in [2.75, 3.05) is 38.6 Å². The molecule has 0 unspecified atom stereocenters. The number of fused-ring (bicyclic) bond motifs is 1. The molecule has 3 heterocycles. The number of hydrogen-bond donors (Lipinski definition) is 2. The lowest BCUT2D eigenvalue weighted by Gasteiger charge is -2.32. The van der Waals surface area contributed by atoms with Crippen LogP contribution in [0.25, 0.3) is 0 Å². The summed E-state index contributed by atoms with van der Waals surface area (Å²) in [4.78, 5) is 14.5. The smallest absolute Gasteiger partial charge is 0.241 e. The molecule has 4 rings (SSSR count). The molecule has 8 heteroatoms. The molecular weight excluding hydrogens is 344 g/mol. The highest BCUT2D eigenvalue weighted by Gasteiger charge is 2.28. The Bertz CT molecular complexity index is 797. The van der Waals surface area contributed by atoms with Gasteiger partial charge in [-0.25, -0.2) is 0 Å². The van der Waals surface area contributed by atoms with Gasteiger partial charge in [-0.05, 0) is 25.0 Å². The first kappa shape index (κ1) is 17.8. The maximum absolute atomic E-state index is 12.6. The van der Waals surface area contributed by atoms with Crippen LogP contribution >= 0.6 is 0 Å². The first-order chi connectivity index (χ1) is 13.3. The third-order valence-corrected chi connectivity index (χ3v) is 5.40. The number of para-hydroxylation sites is 2. The summed E-state index contributed by atoms with van der Waals surface area (Å²) in [5.74, 6) is 3.36. The van der Waals surface area contributed by atoms with E-state index in [2.05, 4.69) is 25.4 Å². The van der Waals surface area contributed by atoms with E-state index in [1.807, 2.05) is 29.2 Å². The summed E-state index contributed by atoms with van der Waals surface area (Å²) in [5.41, 5.74) is 0.840. The lowest BCUT2D eigenvalue weighted by atomic mass is 9.95. The summed E-state index contributed by atoms with van der Waals surface area (Å²) in [7, 11) is 1.63. The highest BCUT2D eigenvalue weighted by Crippen LogP contribution is 2.28. The van der Waals surface area contributed by atoms with E-state index in [0.717, 1.165) is 68.7 Å². The molecule has 0 aliphatic carbocycles. The first-order valence-corrected chi connectivity index (χ1v) is 9.53. The van der Waals surface area contributed by atoms with E-state index in [9.17, 15) is 4.79 Å². The SMILES string of the molecule is COc1ccccc1NCC(=O)N1CCC(c2nnc3n2CCNC3)CC1. The van der Waals surface area contributed by atoms with Gasteiger partial charge in [0.25, 0.3) is 0 Å². The number of hydrogen-bond acceptors (Lipinski definition) is 6. The minimum Gasteiger partial charge on any atom is -0.495 e. The minimum absolute atomic E-state index is 0.117. The van der Waals surface area contributed by atoms with Crippen molar-refractivity contribution >= 4 is 11.6 Å². The van der Waals surface area contributed by atoms with Gasteiger partial charge in [0.2, 0.25) is 5.91 Å². The van der Waals surface area contributed by atoms with Crippen LogP contribution in [-0.4, -0.2) is 58.9 Å². The summed E-state index contributed by atoms with van der Waals surface area (Å²) < 4.78 is 7.57. The number of anilines is 1.